The molecule has 0 aliphatic carbocycles. The van der Waals surface area contributed by atoms with Gasteiger partial charge in [0.25, 0.3) is 0 Å². The highest BCUT2D eigenvalue weighted by molar-refractivity contribution is 8.01. The minimum atomic E-state index is -0.304. The van der Waals surface area contributed by atoms with Gasteiger partial charge in [-0.25, -0.2) is 4.39 Å². The lowest BCUT2D eigenvalue weighted by atomic mass is 10.2. The van der Waals surface area contributed by atoms with Gasteiger partial charge in [-0.2, -0.15) is 0 Å². The molecule has 0 atom stereocenters. The SMILES string of the molecule is CN(Cc1cccc(F)c1)C(=O)CSc1nnc(N)s1. The maximum absolute atomic E-state index is 13.1. The van der Waals surface area contributed by atoms with Gasteiger partial charge in [0.15, 0.2) is 4.34 Å². The highest BCUT2D eigenvalue weighted by atomic mass is 32.2. The number of aromatic nitrogens is 2. The van der Waals surface area contributed by atoms with Crippen LogP contribution in [0.5, 0.6) is 0 Å². The Bertz CT molecular complexity index is 605. The van der Waals surface area contributed by atoms with E-state index in [-0.39, 0.29) is 17.5 Å². The van der Waals surface area contributed by atoms with Crippen molar-refractivity contribution in [3.05, 3.63) is 35.6 Å². The summed E-state index contributed by atoms with van der Waals surface area (Å²) in [5.74, 6) is -0.115. The Kier molecular flexibility index (Phi) is 4.91. The van der Waals surface area contributed by atoms with E-state index in [9.17, 15) is 9.18 Å². The molecule has 0 aliphatic rings. The number of hydrogen-bond acceptors (Lipinski definition) is 6. The number of hydrogen-bond donors (Lipinski definition) is 1. The van der Waals surface area contributed by atoms with Crippen LogP contribution in [0.3, 0.4) is 0 Å². The van der Waals surface area contributed by atoms with Gasteiger partial charge in [0.2, 0.25) is 11.0 Å². The normalized spacial score (nSPS) is 10.5. The third kappa shape index (κ3) is 4.17. The van der Waals surface area contributed by atoms with Gasteiger partial charge in [0.1, 0.15) is 5.82 Å². The fraction of sp³-hybridized carbons (Fsp3) is 0.250. The second-order valence-electron chi connectivity index (χ2n) is 4.07. The molecule has 5 nitrogen and oxygen atoms in total. The van der Waals surface area contributed by atoms with E-state index >= 15 is 0 Å². The zero-order valence-corrected chi connectivity index (χ0v) is 12.4. The van der Waals surface area contributed by atoms with Crippen molar-refractivity contribution in [2.75, 3.05) is 18.5 Å². The fourth-order valence-corrected chi connectivity index (χ4v) is 3.09. The van der Waals surface area contributed by atoms with Crippen LogP contribution in [-0.4, -0.2) is 33.8 Å². The first-order valence-electron chi connectivity index (χ1n) is 5.75. The molecular formula is C12H13FN4OS2. The second-order valence-corrected chi connectivity index (χ2v) is 6.31. The number of halogens is 1. The minimum absolute atomic E-state index is 0.0620. The molecule has 0 radical (unpaired) electrons. The van der Waals surface area contributed by atoms with Crippen LogP contribution >= 0.6 is 23.1 Å². The zero-order valence-electron chi connectivity index (χ0n) is 10.7. The first-order valence-corrected chi connectivity index (χ1v) is 7.55. The van der Waals surface area contributed by atoms with Gasteiger partial charge in [-0.1, -0.05) is 35.2 Å². The average Bonchev–Trinajstić information content (AvgIpc) is 2.81. The molecule has 2 aromatic rings. The Labute approximate surface area is 124 Å². The number of nitrogen functional groups attached to an aromatic ring is 1. The van der Waals surface area contributed by atoms with Crippen LogP contribution in [0.25, 0.3) is 0 Å². The smallest absolute Gasteiger partial charge is 0.233 e. The summed E-state index contributed by atoms with van der Waals surface area (Å²) in [6, 6.07) is 6.20. The molecular weight excluding hydrogens is 299 g/mol. The van der Waals surface area contributed by atoms with E-state index < -0.39 is 0 Å². The van der Waals surface area contributed by atoms with Gasteiger partial charge in [-0.05, 0) is 17.7 Å². The number of anilines is 1. The molecule has 0 aliphatic heterocycles. The Morgan fingerprint density at radius 1 is 1.50 bits per heavy atom. The highest BCUT2D eigenvalue weighted by Crippen LogP contribution is 2.23. The number of nitrogens with zero attached hydrogens (tertiary/aromatic N) is 3. The number of nitrogens with two attached hydrogens (primary N) is 1. The largest absolute Gasteiger partial charge is 0.374 e. The Morgan fingerprint density at radius 3 is 2.95 bits per heavy atom. The van der Waals surface area contributed by atoms with E-state index in [1.165, 1.54) is 35.2 Å². The van der Waals surface area contributed by atoms with Crippen LogP contribution in [0.1, 0.15) is 5.56 Å². The summed E-state index contributed by atoms with van der Waals surface area (Å²) in [6.07, 6.45) is 0. The molecule has 0 spiro atoms. The lowest BCUT2D eigenvalue weighted by molar-refractivity contribution is -0.127. The summed E-state index contributed by atoms with van der Waals surface area (Å²) >= 11 is 2.54. The van der Waals surface area contributed by atoms with Crippen molar-refractivity contribution in [3.8, 4) is 0 Å². The van der Waals surface area contributed by atoms with Crippen LogP contribution in [0.4, 0.5) is 9.52 Å². The lowest BCUT2D eigenvalue weighted by Crippen LogP contribution is -2.27. The van der Waals surface area contributed by atoms with Crippen molar-refractivity contribution in [2.45, 2.75) is 10.9 Å². The second kappa shape index (κ2) is 6.67. The molecule has 0 bridgehead atoms. The molecule has 1 aromatic heterocycles. The van der Waals surface area contributed by atoms with Crippen molar-refractivity contribution < 1.29 is 9.18 Å². The number of rotatable bonds is 5. The van der Waals surface area contributed by atoms with Gasteiger partial charge in [-0.3, -0.25) is 4.79 Å². The number of benzene rings is 1. The van der Waals surface area contributed by atoms with Crippen LogP contribution in [-0.2, 0) is 11.3 Å². The van der Waals surface area contributed by atoms with Crippen LogP contribution < -0.4 is 5.73 Å². The lowest BCUT2D eigenvalue weighted by Gasteiger charge is -2.16. The first-order chi connectivity index (χ1) is 9.54. The quantitative estimate of drug-likeness (QED) is 0.855. The van der Waals surface area contributed by atoms with E-state index in [0.717, 1.165) is 5.56 Å². The summed E-state index contributed by atoms with van der Waals surface area (Å²) in [6.45, 7) is 0.370. The topological polar surface area (TPSA) is 72.1 Å². The number of carbonyl (C=O) groups is 1. The molecule has 0 fully saturated rings. The third-order valence-corrected chi connectivity index (χ3v) is 4.35. The molecule has 0 saturated carbocycles. The maximum atomic E-state index is 13.1. The number of thioether (sulfide) groups is 1. The van der Waals surface area contributed by atoms with Crippen molar-refractivity contribution in [1.82, 2.24) is 15.1 Å². The molecule has 0 unspecified atom stereocenters. The maximum Gasteiger partial charge on any atom is 0.233 e. The van der Waals surface area contributed by atoms with Gasteiger partial charge in [-0.15, -0.1) is 10.2 Å². The van der Waals surface area contributed by atoms with Gasteiger partial charge < -0.3 is 10.6 Å². The molecule has 20 heavy (non-hydrogen) atoms. The summed E-state index contributed by atoms with van der Waals surface area (Å²) in [7, 11) is 1.68. The zero-order chi connectivity index (χ0) is 14.5. The van der Waals surface area contributed by atoms with Crippen molar-refractivity contribution in [2.24, 2.45) is 0 Å². The van der Waals surface area contributed by atoms with Gasteiger partial charge in [0, 0.05) is 13.6 Å². The van der Waals surface area contributed by atoms with Crippen molar-refractivity contribution in [3.63, 3.8) is 0 Å². The Hall–Kier alpha value is -1.67. The molecule has 1 heterocycles. The first kappa shape index (κ1) is 14.7. The molecule has 1 amide bonds. The van der Waals surface area contributed by atoms with Crippen molar-refractivity contribution >= 4 is 34.1 Å². The van der Waals surface area contributed by atoms with E-state index in [1.54, 1.807) is 24.1 Å². The van der Waals surface area contributed by atoms with Crippen LogP contribution in [0.15, 0.2) is 28.6 Å². The number of amides is 1. The van der Waals surface area contributed by atoms with Crippen LogP contribution in [0.2, 0.25) is 0 Å². The predicted molar refractivity (Wildman–Crippen MR) is 77.9 cm³/mol. The van der Waals surface area contributed by atoms with Crippen LogP contribution in [0, 0.1) is 5.82 Å². The monoisotopic (exact) mass is 312 g/mol. The Morgan fingerprint density at radius 2 is 2.30 bits per heavy atom. The van der Waals surface area contributed by atoms with E-state index in [2.05, 4.69) is 10.2 Å². The summed E-state index contributed by atoms with van der Waals surface area (Å²) in [5, 5.41) is 7.89. The van der Waals surface area contributed by atoms with E-state index in [1.807, 2.05) is 0 Å². The summed E-state index contributed by atoms with van der Waals surface area (Å²) in [4.78, 5) is 13.5. The standard InChI is InChI=1S/C12H13FN4OS2/c1-17(6-8-3-2-4-9(13)5-8)10(18)7-19-12-16-15-11(14)20-12/h2-5H,6-7H2,1H3,(H2,14,15). The van der Waals surface area contributed by atoms with Crippen molar-refractivity contribution in [1.29, 1.82) is 0 Å². The molecule has 0 saturated heterocycles. The fourth-order valence-electron chi connectivity index (χ4n) is 1.51. The summed E-state index contributed by atoms with van der Waals surface area (Å²) < 4.78 is 13.7. The molecule has 106 valence electrons. The predicted octanol–water partition coefficient (Wildman–Crippen LogP) is 2.01. The molecule has 8 heteroatoms. The van der Waals surface area contributed by atoms with Gasteiger partial charge in [0.05, 0.1) is 5.75 Å². The van der Waals surface area contributed by atoms with Gasteiger partial charge >= 0.3 is 0 Å². The van der Waals surface area contributed by atoms with E-state index in [4.69, 9.17) is 5.73 Å². The molecule has 2 rings (SSSR count). The molecule has 2 N–H and O–H groups in total. The molecule has 1 aromatic carbocycles. The minimum Gasteiger partial charge on any atom is -0.374 e. The Balaban J connectivity index is 1.85. The number of carbonyl (C=O) groups excluding carboxylic acids is 1. The summed E-state index contributed by atoms with van der Waals surface area (Å²) in [5.41, 5.74) is 6.22. The average molecular weight is 312 g/mol. The van der Waals surface area contributed by atoms with E-state index in [0.29, 0.717) is 16.0 Å². The third-order valence-electron chi connectivity index (χ3n) is 2.48. The highest BCUT2D eigenvalue weighted by Gasteiger charge is 2.12.